The number of nitrogens with one attached hydrogen (secondary N) is 2. The average molecular weight is 356 g/mol. The van der Waals surface area contributed by atoms with Gasteiger partial charge in [-0.2, -0.15) is 5.10 Å². The molecule has 0 aliphatic carbocycles. The van der Waals surface area contributed by atoms with E-state index in [1.807, 2.05) is 45.5 Å². The molecule has 0 fully saturated rings. The summed E-state index contributed by atoms with van der Waals surface area (Å²) in [4.78, 5) is 24.5. The lowest BCUT2D eigenvalue weighted by Crippen LogP contribution is -2.24. The van der Waals surface area contributed by atoms with Gasteiger partial charge in [0, 0.05) is 37.0 Å². The van der Waals surface area contributed by atoms with Crippen LogP contribution in [0.5, 0.6) is 0 Å². The molecular weight excluding hydrogens is 328 g/mol. The lowest BCUT2D eigenvalue weighted by Gasteiger charge is -2.11. The van der Waals surface area contributed by atoms with Crippen molar-refractivity contribution in [3.05, 3.63) is 46.3 Å². The molecule has 1 heterocycles. The molecule has 1 aromatic carbocycles. The molecule has 2 aromatic rings. The van der Waals surface area contributed by atoms with Crippen LogP contribution in [0.2, 0.25) is 0 Å². The first-order valence-electron chi connectivity index (χ1n) is 9.01. The quantitative estimate of drug-likeness (QED) is 0.800. The van der Waals surface area contributed by atoms with Crippen LogP contribution in [0, 0.1) is 20.8 Å². The largest absolute Gasteiger partial charge is 0.352 e. The topological polar surface area (TPSA) is 76.0 Å². The lowest BCUT2D eigenvalue weighted by atomic mass is 10.1. The van der Waals surface area contributed by atoms with Gasteiger partial charge in [-0.05, 0) is 56.9 Å². The molecule has 0 spiro atoms. The van der Waals surface area contributed by atoms with Crippen molar-refractivity contribution >= 4 is 17.5 Å². The Morgan fingerprint density at radius 2 is 1.92 bits per heavy atom. The van der Waals surface area contributed by atoms with Crippen molar-refractivity contribution in [1.82, 2.24) is 15.1 Å². The number of rotatable bonds is 7. The summed E-state index contributed by atoms with van der Waals surface area (Å²) in [6.45, 7) is 8.53. The van der Waals surface area contributed by atoms with Crippen LogP contribution in [0.3, 0.4) is 0 Å². The van der Waals surface area contributed by atoms with E-state index in [9.17, 15) is 9.59 Å². The van der Waals surface area contributed by atoms with Gasteiger partial charge in [-0.25, -0.2) is 0 Å². The van der Waals surface area contributed by atoms with Gasteiger partial charge in [0.2, 0.25) is 5.91 Å². The van der Waals surface area contributed by atoms with Gasteiger partial charge in [0.1, 0.15) is 0 Å². The fourth-order valence-electron chi connectivity index (χ4n) is 2.87. The number of anilines is 1. The SMILES string of the molecule is CCCNC(=O)c1ccc(C)c(NC(=O)CCc2c(C)nn(C)c2C)c1. The van der Waals surface area contributed by atoms with Crippen LogP contribution in [0.4, 0.5) is 5.69 Å². The number of carbonyl (C=O) groups excluding carboxylic acids is 2. The molecule has 140 valence electrons. The first kappa shape index (κ1) is 19.7. The summed E-state index contributed by atoms with van der Waals surface area (Å²) < 4.78 is 1.84. The smallest absolute Gasteiger partial charge is 0.251 e. The molecule has 6 heteroatoms. The zero-order valence-electron chi connectivity index (χ0n) is 16.3. The molecule has 1 aromatic heterocycles. The Kier molecular flexibility index (Phi) is 6.55. The third-order valence-electron chi connectivity index (χ3n) is 4.57. The molecular formula is C20H28N4O2. The fourth-order valence-corrected chi connectivity index (χ4v) is 2.87. The Balaban J connectivity index is 2.03. The molecule has 0 aliphatic rings. The molecule has 0 bridgehead atoms. The van der Waals surface area contributed by atoms with Crippen LogP contribution in [-0.4, -0.2) is 28.1 Å². The molecule has 6 nitrogen and oxygen atoms in total. The van der Waals surface area contributed by atoms with E-state index in [-0.39, 0.29) is 11.8 Å². The zero-order chi connectivity index (χ0) is 19.3. The zero-order valence-corrected chi connectivity index (χ0v) is 16.3. The second-order valence-corrected chi connectivity index (χ2v) is 6.61. The fraction of sp³-hybridized carbons (Fsp3) is 0.450. The van der Waals surface area contributed by atoms with Gasteiger partial charge >= 0.3 is 0 Å². The van der Waals surface area contributed by atoms with Crippen molar-refractivity contribution in [3.8, 4) is 0 Å². The number of carbonyl (C=O) groups is 2. The highest BCUT2D eigenvalue weighted by Gasteiger charge is 2.13. The molecule has 26 heavy (non-hydrogen) atoms. The lowest BCUT2D eigenvalue weighted by molar-refractivity contribution is -0.116. The minimum absolute atomic E-state index is 0.0677. The molecule has 0 aliphatic heterocycles. The van der Waals surface area contributed by atoms with Crippen LogP contribution in [0.1, 0.15) is 52.6 Å². The predicted octanol–water partition coefficient (Wildman–Crippen LogP) is 3.06. The van der Waals surface area contributed by atoms with Gasteiger partial charge in [0.05, 0.1) is 5.69 Å². The highest BCUT2D eigenvalue weighted by atomic mass is 16.2. The van der Waals surface area contributed by atoms with Gasteiger partial charge in [-0.15, -0.1) is 0 Å². The predicted molar refractivity (Wildman–Crippen MR) is 103 cm³/mol. The third kappa shape index (κ3) is 4.71. The Bertz CT molecular complexity index is 808. The van der Waals surface area contributed by atoms with Crippen molar-refractivity contribution in [2.75, 3.05) is 11.9 Å². The van der Waals surface area contributed by atoms with E-state index < -0.39 is 0 Å². The van der Waals surface area contributed by atoms with Crippen LogP contribution >= 0.6 is 0 Å². The number of benzene rings is 1. The van der Waals surface area contributed by atoms with Crippen LogP contribution in [0.25, 0.3) is 0 Å². The van der Waals surface area contributed by atoms with Crippen LogP contribution in [0.15, 0.2) is 18.2 Å². The van der Waals surface area contributed by atoms with E-state index in [2.05, 4.69) is 15.7 Å². The maximum Gasteiger partial charge on any atom is 0.251 e. The Hall–Kier alpha value is -2.63. The molecule has 0 radical (unpaired) electrons. The van der Waals surface area contributed by atoms with Crippen molar-refractivity contribution in [2.45, 2.75) is 47.0 Å². The summed E-state index contributed by atoms with van der Waals surface area (Å²) in [5, 5.41) is 10.2. The Morgan fingerprint density at radius 1 is 1.19 bits per heavy atom. The third-order valence-corrected chi connectivity index (χ3v) is 4.57. The molecule has 0 atom stereocenters. The number of nitrogens with zero attached hydrogens (tertiary/aromatic N) is 2. The van der Waals surface area contributed by atoms with Crippen molar-refractivity contribution < 1.29 is 9.59 Å². The standard InChI is InChI=1S/C20H28N4O2/c1-6-11-21-20(26)16-8-7-13(2)18(12-16)22-19(25)10-9-17-14(3)23-24(5)15(17)4/h7-8,12H,6,9-11H2,1-5H3,(H,21,26)(H,22,25). The maximum atomic E-state index is 12.4. The number of aryl methyl sites for hydroxylation is 3. The van der Waals surface area contributed by atoms with Crippen molar-refractivity contribution in [3.63, 3.8) is 0 Å². The second-order valence-electron chi connectivity index (χ2n) is 6.61. The monoisotopic (exact) mass is 356 g/mol. The van der Waals surface area contributed by atoms with Crippen LogP contribution in [-0.2, 0) is 18.3 Å². The van der Waals surface area contributed by atoms with E-state index in [4.69, 9.17) is 0 Å². The highest BCUT2D eigenvalue weighted by Crippen LogP contribution is 2.19. The number of aromatic nitrogens is 2. The number of amides is 2. The highest BCUT2D eigenvalue weighted by molar-refractivity contribution is 5.97. The molecule has 2 amide bonds. The summed E-state index contributed by atoms with van der Waals surface area (Å²) >= 11 is 0. The Morgan fingerprint density at radius 3 is 2.54 bits per heavy atom. The first-order chi connectivity index (χ1) is 12.3. The number of hydrogen-bond acceptors (Lipinski definition) is 3. The average Bonchev–Trinajstić information content (AvgIpc) is 2.85. The molecule has 2 rings (SSSR count). The summed E-state index contributed by atoms with van der Waals surface area (Å²) in [6, 6.07) is 5.36. The van der Waals surface area contributed by atoms with Gasteiger partial charge in [-0.1, -0.05) is 13.0 Å². The maximum absolute atomic E-state index is 12.4. The van der Waals surface area contributed by atoms with Gasteiger partial charge in [0.15, 0.2) is 0 Å². The van der Waals surface area contributed by atoms with Gasteiger partial charge < -0.3 is 10.6 Å². The Labute approximate surface area is 155 Å². The van der Waals surface area contributed by atoms with E-state index >= 15 is 0 Å². The van der Waals surface area contributed by atoms with Crippen molar-refractivity contribution in [2.24, 2.45) is 7.05 Å². The second kappa shape index (κ2) is 8.65. The minimum atomic E-state index is -0.121. The number of hydrogen-bond donors (Lipinski definition) is 2. The molecule has 2 N–H and O–H groups in total. The van der Waals surface area contributed by atoms with E-state index in [1.54, 1.807) is 12.1 Å². The first-order valence-corrected chi connectivity index (χ1v) is 9.01. The van der Waals surface area contributed by atoms with E-state index in [0.717, 1.165) is 28.9 Å². The summed E-state index contributed by atoms with van der Waals surface area (Å²) in [5.41, 5.74) is 5.33. The summed E-state index contributed by atoms with van der Waals surface area (Å²) in [6.07, 6.45) is 1.90. The molecule has 0 saturated heterocycles. The van der Waals surface area contributed by atoms with Gasteiger partial charge in [-0.3, -0.25) is 14.3 Å². The van der Waals surface area contributed by atoms with Gasteiger partial charge in [0.25, 0.3) is 5.91 Å². The van der Waals surface area contributed by atoms with E-state index in [0.29, 0.717) is 30.6 Å². The summed E-state index contributed by atoms with van der Waals surface area (Å²) in [5.74, 6) is -0.189. The minimum Gasteiger partial charge on any atom is -0.352 e. The summed E-state index contributed by atoms with van der Waals surface area (Å²) in [7, 11) is 1.91. The molecule has 0 saturated carbocycles. The normalized spacial score (nSPS) is 10.7. The van der Waals surface area contributed by atoms with E-state index in [1.165, 1.54) is 0 Å². The molecule has 0 unspecified atom stereocenters. The van der Waals surface area contributed by atoms with Crippen molar-refractivity contribution in [1.29, 1.82) is 0 Å². The van der Waals surface area contributed by atoms with Crippen LogP contribution < -0.4 is 10.6 Å².